The molecule has 2 rings (SSSR count). The molecule has 1 aliphatic heterocycles. The summed E-state index contributed by atoms with van der Waals surface area (Å²) in [5, 5.41) is 9.32. The Morgan fingerprint density at radius 3 is 2.93 bits per heavy atom. The number of halogens is 1. The number of aromatic nitrogens is 1. The second-order valence-electron chi connectivity index (χ2n) is 3.56. The van der Waals surface area contributed by atoms with E-state index in [4.69, 9.17) is 0 Å². The quantitative estimate of drug-likeness (QED) is 0.830. The largest absolute Gasteiger partial charge is 0.391 e. The number of likely N-dealkylation sites (tertiary alicyclic amines) is 1. The van der Waals surface area contributed by atoms with Crippen molar-refractivity contribution in [3.05, 3.63) is 28.5 Å². The number of rotatable bonds is 1. The van der Waals surface area contributed by atoms with Crippen LogP contribution >= 0.6 is 15.9 Å². The van der Waals surface area contributed by atoms with Crippen molar-refractivity contribution in [3.63, 3.8) is 0 Å². The number of aliphatic hydroxyl groups is 1. The average molecular weight is 271 g/mol. The van der Waals surface area contributed by atoms with E-state index in [1.807, 2.05) is 0 Å². The fraction of sp³-hybridized carbons (Fsp3) is 0.400. The molecule has 1 aromatic rings. The molecule has 0 spiro atoms. The highest BCUT2D eigenvalue weighted by Crippen LogP contribution is 2.13. The van der Waals surface area contributed by atoms with Crippen molar-refractivity contribution in [2.45, 2.75) is 12.5 Å². The zero-order chi connectivity index (χ0) is 10.8. The number of hydrogen-bond acceptors (Lipinski definition) is 3. The van der Waals surface area contributed by atoms with Gasteiger partial charge in [0.05, 0.1) is 6.10 Å². The molecule has 0 radical (unpaired) electrons. The molecule has 0 aliphatic carbocycles. The molecule has 0 saturated carbocycles. The van der Waals surface area contributed by atoms with E-state index in [1.54, 1.807) is 23.2 Å². The fourth-order valence-electron chi connectivity index (χ4n) is 1.59. The molecule has 1 aliphatic rings. The van der Waals surface area contributed by atoms with Gasteiger partial charge in [-0.15, -0.1) is 0 Å². The summed E-state index contributed by atoms with van der Waals surface area (Å²) in [4.78, 5) is 17.5. The van der Waals surface area contributed by atoms with E-state index in [0.717, 1.165) is 4.47 Å². The molecule has 5 heteroatoms. The molecule has 15 heavy (non-hydrogen) atoms. The minimum Gasteiger partial charge on any atom is -0.391 e. The van der Waals surface area contributed by atoms with Crippen molar-refractivity contribution in [2.75, 3.05) is 13.1 Å². The molecule has 4 nitrogen and oxygen atoms in total. The first-order valence-electron chi connectivity index (χ1n) is 4.76. The van der Waals surface area contributed by atoms with E-state index >= 15 is 0 Å². The van der Waals surface area contributed by atoms with Crippen molar-refractivity contribution in [1.82, 2.24) is 9.88 Å². The summed E-state index contributed by atoms with van der Waals surface area (Å²) in [6.07, 6.45) is 1.87. The van der Waals surface area contributed by atoms with Gasteiger partial charge in [-0.05, 0) is 34.5 Å². The Bertz CT molecular complexity index is 366. The molecule has 1 saturated heterocycles. The van der Waals surface area contributed by atoms with Crippen LogP contribution in [0.1, 0.15) is 16.9 Å². The summed E-state index contributed by atoms with van der Waals surface area (Å²) in [5.74, 6) is -0.112. The minimum absolute atomic E-state index is 0.112. The summed E-state index contributed by atoms with van der Waals surface area (Å²) in [6, 6.07) is 3.46. The molecule has 2 heterocycles. The van der Waals surface area contributed by atoms with Gasteiger partial charge in [0.25, 0.3) is 5.91 Å². The van der Waals surface area contributed by atoms with Crippen LogP contribution in [0, 0.1) is 0 Å². The van der Waals surface area contributed by atoms with Gasteiger partial charge in [0.2, 0.25) is 0 Å². The maximum Gasteiger partial charge on any atom is 0.272 e. The lowest BCUT2D eigenvalue weighted by Crippen LogP contribution is -2.30. The highest BCUT2D eigenvalue weighted by Gasteiger charge is 2.25. The Labute approximate surface area is 96.1 Å². The summed E-state index contributed by atoms with van der Waals surface area (Å²) < 4.78 is 0.848. The van der Waals surface area contributed by atoms with Crippen LogP contribution in [0.2, 0.25) is 0 Å². The van der Waals surface area contributed by atoms with Crippen LogP contribution in [0.3, 0.4) is 0 Å². The third kappa shape index (κ3) is 2.35. The van der Waals surface area contributed by atoms with Crippen molar-refractivity contribution in [3.8, 4) is 0 Å². The smallest absolute Gasteiger partial charge is 0.272 e. The van der Waals surface area contributed by atoms with E-state index in [1.165, 1.54) is 0 Å². The first-order chi connectivity index (χ1) is 7.16. The van der Waals surface area contributed by atoms with Crippen molar-refractivity contribution in [2.24, 2.45) is 0 Å². The van der Waals surface area contributed by atoms with Gasteiger partial charge in [0.1, 0.15) is 5.69 Å². The number of carbonyl (C=O) groups excluding carboxylic acids is 1. The normalized spacial score (nSPS) is 20.7. The number of amides is 1. The Morgan fingerprint density at radius 2 is 2.40 bits per heavy atom. The Morgan fingerprint density at radius 1 is 1.60 bits per heavy atom. The van der Waals surface area contributed by atoms with Crippen LogP contribution in [-0.2, 0) is 0 Å². The van der Waals surface area contributed by atoms with Crippen molar-refractivity contribution < 1.29 is 9.90 Å². The second-order valence-corrected chi connectivity index (χ2v) is 4.47. The highest BCUT2D eigenvalue weighted by atomic mass is 79.9. The van der Waals surface area contributed by atoms with E-state index in [0.29, 0.717) is 25.2 Å². The van der Waals surface area contributed by atoms with Gasteiger partial charge in [-0.2, -0.15) is 0 Å². The van der Waals surface area contributed by atoms with Gasteiger partial charge in [0, 0.05) is 23.8 Å². The summed E-state index contributed by atoms with van der Waals surface area (Å²) >= 11 is 3.26. The second kappa shape index (κ2) is 4.28. The molecule has 1 unspecified atom stereocenters. The van der Waals surface area contributed by atoms with Crippen molar-refractivity contribution >= 4 is 21.8 Å². The zero-order valence-electron chi connectivity index (χ0n) is 8.06. The highest BCUT2D eigenvalue weighted by molar-refractivity contribution is 9.10. The summed E-state index contributed by atoms with van der Waals surface area (Å²) in [7, 11) is 0. The maximum atomic E-state index is 11.8. The number of nitrogens with zero attached hydrogens (tertiary/aromatic N) is 2. The van der Waals surface area contributed by atoms with Gasteiger partial charge >= 0.3 is 0 Å². The Hall–Kier alpha value is -0.940. The first kappa shape index (κ1) is 10.6. The van der Waals surface area contributed by atoms with E-state index in [-0.39, 0.29) is 12.0 Å². The molecule has 0 aromatic carbocycles. The third-order valence-electron chi connectivity index (χ3n) is 2.40. The topological polar surface area (TPSA) is 53.4 Å². The van der Waals surface area contributed by atoms with Gasteiger partial charge in [0.15, 0.2) is 0 Å². The lowest BCUT2D eigenvalue weighted by atomic mass is 10.3. The fourth-order valence-corrected chi connectivity index (χ4v) is 1.83. The summed E-state index contributed by atoms with van der Waals surface area (Å²) in [5.41, 5.74) is 0.423. The lowest BCUT2D eigenvalue weighted by molar-refractivity contribution is 0.0759. The van der Waals surface area contributed by atoms with Crippen LogP contribution in [0.15, 0.2) is 22.8 Å². The SMILES string of the molecule is O=C(c1ccc(Br)cn1)N1CCC(O)C1. The van der Waals surface area contributed by atoms with Crippen LogP contribution in [0.4, 0.5) is 0 Å². The molecular formula is C10H11BrN2O2. The molecule has 1 fully saturated rings. The molecule has 0 bridgehead atoms. The number of pyridine rings is 1. The van der Waals surface area contributed by atoms with Crippen LogP contribution in [0.5, 0.6) is 0 Å². The van der Waals surface area contributed by atoms with Gasteiger partial charge in [-0.25, -0.2) is 4.98 Å². The average Bonchev–Trinajstić information content (AvgIpc) is 2.65. The van der Waals surface area contributed by atoms with Crippen LogP contribution < -0.4 is 0 Å². The monoisotopic (exact) mass is 270 g/mol. The number of β-amino-alcohol motifs (C(OH)–C–C–N with tert-alkyl or cyclic N) is 1. The predicted molar refractivity (Wildman–Crippen MR) is 58.5 cm³/mol. The minimum atomic E-state index is -0.385. The maximum absolute atomic E-state index is 11.8. The Balaban J connectivity index is 2.11. The standard InChI is InChI=1S/C10H11BrN2O2/c11-7-1-2-9(12-5-7)10(15)13-4-3-8(14)6-13/h1-2,5,8,14H,3-4,6H2. The zero-order valence-corrected chi connectivity index (χ0v) is 9.64. The third-order valence-corrected chi connectivity index (χ3v) is 2.87. The molecular weight excluding hydrogens is 260 g/mol. The number of aliphatic hydroxyl groups excluding tert-OH is 1. The number of carbonyl (C=O) groups is 1. The Kier molecular flexibility index (Phi) is 3.02. The predicted octanol–water partition coefficient (Wildman–Crippen LogP) is 1.05. The van der Waals surface area contributed by atoms with Gasteiger partial charge in [-0.3, -0.25) is 4.79 Å². The molecule has 80 valence electrons. The molecule has 1 atom stereocenters. The summed E-state index contributed by atoms with van der Waals surface area (Å²) in [6.45, 7) is 1.02. The van der Waals surface area contributed by atoms with E-state index in [2.05, 4.69) is 20.9 Å². The van der Waals surface area contributed by atoms with Gasteiger partial charge in [-0.1, -0.05) is 0 Å². The van der Waals surface area contributed by atoms with E-state index in [9.17, 15) is 9.90 Å². The van der Waals surface area contributed by atoms with E-state index < -0.39 is 0 Å². The molecule has 1 aromatic heterocycles. The van der Waals surface area contributed by atoms with Crippen LogP contribution in [-0.4, -0.2) is 40.1 Å². The number of hydrogen-bond donors (Lipinski definition) is 1. The molecule has 1 amide bonds. The lowest BCUT2D eigenvalue weighted by Gasteiger charge is -2.14. The van der Waals surface area contributed by atoms with Gasteiger partial charge < -0.3 is 10.0 Å². The first-order valence-corrected chi connectivity index (χ1v) is 5.55. The van der Waals surface area contributed by atoms with Crippen molar-refractivity contribution in [1.29, 1.82) is 0 Å². The van der Waals surface area contributed by atoms with Crippen LogP contribution in [0.25, 0.3) is 0 Å². The molecule has 1 N–H and O–H groups in total.